The molecular weight excluding hydrogens is 356 g/mol. The number of carbonyl (C=O) groups is 1. The van der Waals surface area contributed by atoms with Gasteiger partial charge in [-0.25, -0.2) is 9.97 Å². The maximum atomic E-state index is 11.1. The minimum Gasteiger partial charge on any atom is -0.365 e. The molecule has 4 rings (SSSR count). The number of hydrogen-bond acceptors (Lipinski definition) is 5. The van der Waals surface area contributed by atoms with Gasteiger partial charge in [-0.2, -0.15) is 11.3 Å². The topological polar surface area (TPSA) is 66.9 Å². The van der Waals surface area contributed by atoms with Crippen molar-refractivity contribution in [3.05, 3.63) is 70.9 Å². The molecule has 6 heteroatoms. The molecule has 0 spiro atoms. The van der Waals surface area contributed by atoms with Gasteiger partial charge in [-0.15, -0.1) is 0 Å². The highest BCUT2D eigenvalue weighted by atomic mass is 32.1. The summed E-state index contributed by atoms with van der Waals surface area (Å²) in [5.41, 5.74) is 3.83. The summed E-state index contributed by atoms with van der Waals surface area (Å²) in [5.74, 6) is 1.46. The Balaban J connectivity index is 1.60. The second-order valence-corrected chi connectivity index (χ2v) is 6.94. The fourth-order valence-corrected chi connectivity index (χ4v) is 3.46. The lowest BCUT2D eigenvalue weighted by Crippen LogP contribution is -2.06. The second kappa shape index (κ2) is 7.55. The van der Waals surface area contributed by atoms with Crippen molar-refractivity contribution in [1.29, 1.82) is 0 Å². The standard InChI is InChI=1S/C21H18N4OS/c1-14(26)23-17-8-6-15(7-9-17)12-22-21-18-4-2-3-5-19(18)24-20(25-21)16-10-11-27-13-16/h2-11,13H,12H2,1H3,(H,23,26)(H,22,24,25). The zero-order valence-corrected chi connectivity index (χ0v) is 15.6. The van der Waals surface area contributed by atoms with E-state index in [-0.39, 0.29) is 5.91 Å². The van der Waals surface area contributed by atoms with E-state index in [1.807, 2.05) is 60.0 Å². The highest BCUT2D eigenvalue weighted by molar-refractivity contribution is 7.08. The summed E-state index contributed by atoms with van der Waals surface area (Å²) in [7, 11) is 0. The molecule has 2 aromatic carbocycles. The van der Waals surface area contributed by atoms with Crippen LogP contribution in [-0.4, -0.2) is 15.9 Å². The molecule has 27 heavy (non-hydrogen) atoms. The molecule has 5 nitrogen and oxygen atoms in total. The predicted molar refractivity (Wildman–Crippen MR) is 111 cm³/mol. The SMILES string of the molecule is CC(=O)Nc1ccc(CNc2nc(-c3ccsc3)nc3ccccc23)cc1. The Hall–Kier alpha value is -3.25. The number of para-hydroxylation sites is 1. The Labute approximate surface area is 161 Å². The van der Waals surface area contributed by atoms with Crippen LogP contribution in [0.15, 0.2) is 65.4 Å². The molecule has 1 amide bonds. The summed E-state index contributed by atoms with van der Waals surface area (Å²) in [6.45, 7) is 2.13. The van der Waals surface area contributed by atoms with Gasteiger partial charge in [0.25, 0.3) is 0 Å². The minimum absolute atomic E-state index is 0.0747. The van der Waals surface area contributed by atoms with Gasteiger partial charge in [-0.3, -0.25) is 4.79 Å². The molecule has 0 aliphatic heterocycles. The Morgan fingerprint density at radius 2 is 1.85 bits per heavy atom. The number of carbonyl (C=O) groups excluding carboxylic acids is 1. The molecule has 0 bridgehead atoms. The fraction of sp³-hybridized carbons (Fsp3) is 0.0952. The van der Waals surface area contributed by atoms with Crippen molar-refractivity contribution in [1.82, 2.24) is 9.97 Å². The molecule has 4 aromatic rings. The number of fused-ring (bicyclic) bond motifs is 1. The van der Waals surface area contributed by atoms with Crippen molar-refractivity contribution in [3.63, 3.8) is 0 Å². The lowest BCUT2D eigenvalue weighted by Gasteiger charge is -2.11. The first-order valence-electron chi connectivity index (χ1n) is 8.59. The first-order valence-corrected chi connectivity index (χ1v) is 9.53. The van der Waals surface area contributed by atoms with Crippen molar-refractivity contribution in [2.24, 2.45) is 0 Å². The maximum Gasteiger partial charge on any atom is 0.221 e. The third-order valence-electron chi connectivity index (χ3n) is 4.12. The molecule has 0 aliphatic rings. The molecule has 2 N–H and O–H groups in total. The average molecular weight is 374 g/mol. The molecule has 0 unspecified atom stereocenters. The summed E-state index contributed by atoms with van der Waals surface area (Å²) in [6, 6.07) is 17.8. The summed E-state index contributed by atoms with van der Waals surface area (Å²) in [6.07, 6.45) is 0. The van der Waals surface area contributed by atoms with Gasteiger partial charge in [0, 0.05) is 35.5 Å². The quantitative estimate of drug-likeness (QED) is 0.520. The molecule has 0 radical (unpaired) electrons. The van der Waals surface area contributed by atoms with Crippen molar-refractivity contribution in [2.75, 3.05) is 10.6 Å². The number of nitrogens with zero attached hydrogens (tertiary/aromatic N) is 2. The molecule has 0 saturated carbocycles. The molecule has 0 aliphatic carbocycles. The maximum absolute atomic E-state index is 11.1. The van der Waals surface area contributed by atoms with Gasteiger partial charge in [0.1, 0.15) is 5.82 Å². The average Bonchev–Trinajstić information content (AvgIpc) is 3.21. The lowest BCUT2D eigenvalue weighted by atomic mass is 10.2. The number of amides is 1. The molecule has 2 heterocycles. The van der Waals surface area contributed by atoms with Crippen LogP contribution in [0.4, 0.5) is 11.5 Å². The predicted octanol–water partition coefficient (Wildman–Crippen LogP) is 4.93. The van der Waals surface area contributed by atoms with E-state index in [0.717, 1.165) is 39.4 Å². The summed E-state index contributed by atoms with van der Waals surface area (Å²) in [5, 5.41) is 11.3. The van der Waals surface area contributed by atoms with E-state index in [2.05, 4.69) is 21.0 Å². The van der Waals surface area contributed by atoms with Crippen LogP contribution in [0.2, 0.25) is 0 Å². The van der Waals surface area contributed by atoms with Crippen LogP contribution < -0.4 is 10.6 Å². The number of rotatable bonds is 5. The fourth-order valence-electron chi connectivity index (χ4n) is 2.83. The second-order valence-electron chi connectivity index (χ2n) is 6.16. The number of hydrogen-bond donors (Lipinski definition) is 2. The zero-order chi connectivity index (χ0) is 18.6. The molecular formula is C21H18N4OS. The first-order chi connectivity index (χ1) is 13.2. The van der Waals surface area contributed by atoms with Crippen molar-refractivity contribution in [2.45, 2.75) is 13.5 Å². The van der Waals surface area contributed by atoms with E-state index in [0.29, 0.717) is 6.54 Å². The first kappa shape index (κ1) is 17.2. The number of aromatic nitrogens is 2. The van der Waals surface area contributed by atoms with E-state index in [1.54, 1.807) is 11.3 Å². The number of benzene rings is 2. The summed E-state index contributed by atoms with van der Waals surface area (Å²) < 4.78 is 0. The van der Waals surface area contributed by atoms with Gasteiger partial charge in [0.05, 0.1) is 5.52 Å². The van der Waals surface area contributed by atoms with Crippen LogP contribution in [0.25, 0.3) is 22.3 Å². The van der Waals surface area contributed by atoms with Crippen LogP contribution in [-0.2, 0) is 11.3 Å². The number of thiophene rings is 1. The van der Waals surface area contributed by atoms with E-state index in [9.17, 15) is 4.79 Å². The van der Waals surface area contributed by atoms with Gasteiger partial charge in [0.15, 0.2) is 5.82 Å². The number of nitrogens with one attached hydrogen (secondary N) is 2. The van der Waals surface area contributed by atoms with Crippen molar-refractivity contribution < 1.29 is 4.79 Å². The lowest BCUT2D eigenvalue weighted by molar-refractivity contribution is -0.114. The van der Waals surface area contributed by atoms with Gasteiger partial charge in [-0.05, 0) is 41.3 Å². The molecule has 0 saturated heterocycles. The normalized spacial score (nSPS) is 10.7. The van der Waals surface area contributed by atoms with Gasteiger partial charge in [0.2, 0.25) is 5.91 Å². The van der Waals surface area contributed by atoms with Crippen molar-refractivity contribution >= 4 is 39.7 Å². The molecule has 134 valence electrons. The van der Waals surface area contributed by atoms with Crippen LogP contribution in [0.1, 0.15) is 12.5 Å². The Morgan fingerprint density at radius 1 is 1.04 bits per heavy atom. The minimum atomic E-state index is -0.0747. The van der Waals surface area contributed by atoms with E-state index >= 15 is 0 Å². The van der Waals surface area contributed by atoms with Crippen LogP contribution >= 0.6 is 11.3 Å². The highest BCUT2D eigenvalue weighted by Gasteiger charge is 2.09. The Morgan fingerprint density at radius 3 is 2.59 bits per heavy atom. The third kappa shape index (κ3) is 3.96. The smallest absolute Gasteiger partial charge is 0.221 e. The summed E-state index contributed by atoms with van der Waals surface area (Å²) >= 11 is 1.63. The Kier molecular flexibility index (Phi) is 4.80. The molecule has 0 atom stereocenters. The summed E-state index contributed by atoms with van der Waals surface area (Å²) in [4.78, 5) is 20.6. The number of anilines is 2. The largest absolute Gasteiger partial charge is 0.365 e. The van der Waals surface area contributed by atoms with Crippen molar-refractivity contribution in [3.8, 4) is 11.4 Å². The van der Waals surface area contributed by atoms with Crippen LogP contribution in [0, 0.1) is 0 Å². The van der Waals surface area contributed by atoms with Gasteiger partial charge < -0.3 is 10.6 Å². The molecule has 2 aromatic heterocycles. The van der Waals surface area contributed by atoms with Crippen LogP contribution in [0.3, 0.4) is 0 Å². The van der Waals surface area contributed by atoms with E-state index in [4.69, 9.17) is 4.98 Å². The van der Waals surface area contributed by atoms with E-state index < -0.39 is 0 Å². The Bertz CT molecular complexity index is 1080. The zero-order valence-electron chi connectivity index (χ0n) is 14.8. The molecule has 0 fully saturated rings. The van der Waals surface area contributed by atoms with E-state index in [1.165, 1.54) is 6.92 Å². The van der Waals surface area contributed by atoms with Gasteiger partial charge in [-0.1, -0.05) is 24.3 Å². The van der Waals surface area contributed by atoms with Crippen LogP contribution in [0.5, 0.6) is 0 Å². The highest BCUT2D eigenvalue weighted by Crippen LogP contribution is 2.26. The third-order valence-corrected chi connectivity index (χ3v) is 4.80. The van der Waals surface area contributed by atoms with Gasteiger partial charge >= 0.3 is 0 Å². The monoisotopic (exact) mass is 374 g/mol.